The largest absolute Gasteiger partial charge is 0.494 e. The van der Waals surface area contributed by atoms with Gasteiger partial charge in [-0.15, -0.1) is 0 Å². The van der Waals surface area contributed by atoms with Gasteiger partial charge in [0, 0.05) is 25.4 Å². The monoisotopic (exact) mass is 661 g/mol. The molecule has 4 amide bonds. The number of amides is 4. The summed E-state index contributed by atoms with van der Waals surface area (Å²) in [6.07, 6.45) is 1.31. The van der Waals surface area contributed by atoms with Gasteiger partial charge in [-0.2, -0.15) is 8.42 Å². The molecule has 0 spiro atoms. The molecule has 1 unspecified atom stereocenters. The first-order chi connectivity index (χ1) is 21.8. The van der Waals surface area contributed by atoms with E-state index in [4.69, 9.17) is 15.0 Å². The Hall–Kier alpha value is -4.05. The van der Waals surface area contributed by atoms with Crippen LogP contribution in [0.2, 0.25) is 0 Å². The molecule has 0 aliphatic carbocycles. The fraction of sp³-hybridized carbons (Fsp3) is 0.484. The van der Waals surface area contributed by atoms with Gasteiger partial charge >= 0.3 is 0 Å². The maximum Gasteiger partial charge on any atom is 0.266 e. The average Bonchev–Trinajstić information content (AvgIpc) is 3.00. The van der Waals surface area contributed by atoms with E-state index < -0.39 is 63.4 Å². The van der Waals surface area contributed by atoms with Crippen molar-refractivity contribution in [3.05, 3.63) is 65.2 Å². The first-order valence-corrected chi connectivity index (χ1v) is 16.7. The van der Waals surface area contributed by atoms with Gasteiger partial charge in [0.1, 0.15) is 17.8 Å². The molecule has 252 valence electrons. The molecular weight excluding hydrogens is 618 g/mol. The summed E-state index contributed by atoms with van der Waals surface area (Å²) in [7, 11) is -4.39. The van der Waals surface area contributed by atoms with Crippen LogP contribution in [0, 0.1) is 17.8 Å². The topological polar surface area (TPSA) is 226 Å². The SMILES string of the molecule is CC(C)C[C@H]1C(=O)N[C@H](C(=O)NCc2ccc(CNC(=O)C(N)CS(=O)(=O)O)cc2)Cc2ccc(cc2)OCCC[C@@H]1C(=O)NO. The quantitative estimate of drug-likeness (QED) is 0.102. The summed E-state index contributed by atoms with van der Waals surface area (Å²) >= 11 is 0. The normalized spacial score (nSPS) is 19.7. The lowest BCUT2D eigenvalue weighted by molar-refractivity contribution is -0.142. The Morgan fingerprint density at radius 3 is 2.17 bits per heavy atom. The van der Waals surface area contributed by atoms with E-state index in [0.717, 1.165) is 11.1 Å². The molecule has 2 aromatic carbocycles. The molecule has 0 aromatic heterocycles. The molecule has 2 aliphatic heterocycles. The number of nitrogens with one attached hydrogen (secondary N) is 4. The third-order valence-electron chi connectivity index (χ3n) is 7.60. The third kappa shape index (κ3) is 11.7. The van der Waals surface area contributed by atoms with Crippen molar-refractivity contribution in [1.82, 2.24) is 21.4 Å². The number of carbonyl (C=O) groups excluding carboxylic acids is 4. The minimum absolute atomic E-state index is 0.0590. The highest BCUT2D eigenvalue weighted by Gasteiger charge is 2.36. The van der Waals surface area contributed by atoms with Crippen molar-refractivity contribution in [2.24, 2.45) is 23.5 Å². The number of hydrogen-bond donors (Lipinski definition) is 7. The highest BCUT2D eigenvalue weighted by Crippen LogP contribution is 2.27. The van der Waals surface area contributed by atoms with Crippen molar-refractivity contribution in [2.45, 2.75) is 64.7 Å². The molecule has 8 N–H and O–H groups in total. The van der Waals surface area contributed by atoms with Gasteiger partial charge in [-0.3, -0.25) is 28.9 Å². The third-order valence-corrected chi connectivity index (χ3v) is 8.38. The Labute approximate surface area is 268 Å². The number of fused-ring (bicyclic) bond motifs is 11. The summed E-state index contributed by atoms with van der Waals surface area (Å²) in [5, 5.41) is 17.7. The lowest BCUT2D eigenvalue weighted by atomic mass is 9.81. The van der Waals surface area contributed by atoms with Gasteiger partial charge in [-0.05, 0) is 54.0 Å². The maximum absolute atomic E-state index is 13.7. The van der Waals surface area contributed by atoms with Crippen molar-refractivity contribution in [2.75, 3.05) is 12.4 Å². The number of carbonyl (C=O) groups is 4. The average molecular weight is 662 g/mol. The van der Waals surface area contributed by atoms with Gasteiger partial charge in [0.25, 0.3) is 10.1 Å². The van der Waals surface area contributed by atoms with E-state index in [1.165, 1.54) is 0 Å². The smallest absolute Gasteiger partial charge is 0.266 e. The van der Waals surface area contributed by atoms with Gasteiger partial charge in [0.2, 0.25) is 23.6 Å². The van der Waals surface area contributed by atoms with Crippen molar-refractivity contribution in [3.63, 3.8) is 0 Å². The predicted molar refractivity (Wildman–Crippen MR) is 168 cm³/mol. The van der Waals surface area contributed by atoms with E-state index >= 15 is 0 Å². The van der Waals surface area contributed by atoms with Gasteiger partial charge in [-0.25, -0.2) is 5.48 Å². The van der Waals surface area contributed by atoms with E-state index in [1.807, 2.05) is 26.0 Å². The summed E-state index contributed by atoms with van der Waals surface area (Å²) in [5.74, 6) is -4.11. The Balaban J connectivity index is 1.71. The number of hydroxylamine groups is 1. The number of benzene rings is 2. The molecule has 14 nitrogen and oxygen atoms in total. The van der Waals surface area contributed by atoms with Gasteiger partial charge in [0.15, 0.2) is 0 Å². The summed E-state index contributed by atoms with van der Waals surface area (Å²) in [5.41, 5.74) is 9.41. The van der Waals surface area contributed by atoms with E-state index in [1.54, 1.807) is 41.9 Å². The second-order valence-corrected chi connectivity index (χ2v) is 13.3. The molecule has 2 heterocycles. The molecule has 2 bridgehead atoms. The Morgan fingerprint density at radius 1 is 1.00 bits per heavy atom. The highest BCUT2D eigenvalue weighted by molar-refractivity contribution is 7.85. The Kier molecular flexibility index (Phi) is 13.5. The second-order valence-electron chi connectivity index (χ2n) is 11.8. The lowest BCUT2D eigenvalue weighted by Gasteiger charge is -2.29. The number of rotatable bonds is 11. The zero-order chi connectivity index (χ0) is 33.9. The van der Waals surface area contributed by atoms with Crippen molar-refractivity contribution in [1.29, 1.82) is 0 Å². The fourth-order valence-corrected chi connectivity index (χ4v) is 5.81. The molecule has 46 heavy (non-hydrogen) atoms. The van der Waals surface area contributed by atoms with Crippen LogP contribution in [0.1, 0.15) is 49.8 Å². The summed E-state index contributed by atoms with van der Waals surface area (Å²) < 4.78 is 36.5. The van der Waals surface area contributed by atoms with E-state index in [0.29, 0.717) is 37.2 Å². The first-order valence-electron chi connectivity index (χ1n) is 15.1. The molecule has 0 fully saturated rings. The van der Waals surface area contributed by atoms with Crippen molar-refractivity contribution in [3.8, 4) is 5.75 Å². The van der Waals surface area contributed by atoms with Gasteiger partial charge < -0.3 is 26.4 Å². The first kappa shape index (κ1) is 36.4. The molecule has 0 saturated carbocycles. The zero-order valence-electron chi connectivity index (χ0n) is 25.9. The van der Waals surface area contributed by atoms with Crippen LogP contribution >= 0.6 is 0 Å². The van der Waals surface area contributed by atoms with Crippen LogP contribution in [0.15, 0.2) is 48.5 Å². The number of ether oxygens (including phenoxy) is 1. The number of hydrogen-bond acceptors (Lipinski definition) is 9. The number of nitrogens with two attached hydrogens (primary N) is 1. The van der Waals surface area contributed by atoms with Crippen LogP contribution < -0.4 is 31.9 Å². The summed E-state index contributed by atoms with van der Waals surface area (Å²) in [6, 6.07) is 11.7. The van der Waals surface area contributed by atoms with Crippen LogP contribution in [-0.2, 0) is 48.8 Å². The molecule has 15 heteroatoms. The minimum atomic E-state index is -4.39. The van der Waals surface area contributed by atoms with Gasteiger partial charge in [-0.1, -0.05) is 50.2 Å². The van der Waals surface area contributed by atoms with Crippen LogP contribution in [0.3, 0.4) is 0 Å². The molecule has 2 aromatic rings. The molecule has 4 rings (SSSR count). The zero-order valence-corrected chi connectivity index (χ0v) is 26.7. The van der Waals surface area contributed by atoms with E-state index in [9.17, 15) is 32.8 Å². The standard InChI is InChI=1S/C31H43N5O9S/c1-19(2)14-25-24(29(38)36-41)4-3-13-45-23-11-9-20(10-12-23)15-27(35-28(25)37)31(40)34-17-22-7-5-21(6-8-22)16-33-30(39)26(32)18-46(42,43)44/h5-12,19,24-27,41H,3-4,13-18,32H2,1-2H3,(H,33,39)(H,34,40)(H,35,37)(H,36,38)(H,42,43,44)/t24-,25+,26?,27-/m0/s1. The predicted octanol–water partition coefficient (Wildman–Crippen LogP) is 0.818. The van der Waals surface area contributed by atoms with Crippen molar-refractivity contribution >= 4 is 33.7 Å². The Morgan fingerprint density at radius 2 is 1.61 bits per heavy atom. The molecule has 4 atom stereocenters. The van der Waals surface area contributed by atoms with Crippen LogP contribution in [0.25, 0.3) is 0 Å². The van der Waals surface area contributed by atoms with Crippen LogP contribution in [0.5, 0.6) is 5.75 Å². The second kappa shape index (κ2) is 17.0. The minimum Gasteiger partial charge on any atom is -0.494 e. The lowest BCUT2D eigenvalue weighted by Crippen LogP contribution is -2.51. The summed E-state index contributed by atoms with van der Waals surface area (Å²) in [6.45, 7) is 4.39. The van der Waals surface area contributed by atoms with Crippen molar-refractivity contribution < 1.29 is 42.1 Å². The summed E-state index contributed by atoms with van der Waals surface area (Å²) in [4.78, 5) is 51.9. The maximum atomic E-state index is 13.7. The molecule has 0 saturated heterocycles. The highest BCUT2D eigenvalue weighted by atomic mass is 32.2. The van der Waals surface area contributed by atoms with Crippen LogP contribution in [-0.4, -0.2) is 66.2 Å². The fourth-order valence-electron chi connectivity index (χ4n) is 5.21. The Bertz CT molecular complexity index is 1450. The molecule has 0 radical (unpaired) electrons. The van der Waals surface area contributed by atoms with Gasteiger partial charge in [0.05, 0.1) is 18.3 Å². The van der Waals surface area contributed by atoms with E-state index in [-0.39, 0.29) is 25.4 Å². The molecular formula is C31H43N5O9S. The molecule has 2 aliphatic rings. The van der Waals surface area contributed by atoms with Crippen LogP contribution in [0.4, 0.5) is 0 Å². The van der Waals surface area contributed by atoms with E-state index in [2.05, 4.69) is 16.0 Å².